The van der Waals surface area contributed by atoms with Crippen LogP contribution in [0, 0.1) is 6.92 Å². The SMILES string of the molecule is Cc1c(-c2ccccc2)nc2ccccc2c1C(=O)N1CCN(CC=Cc2ccccc2)CC1. The second kappa shape index (κ2) is 10.0. The van der Waals surface area contributed by atoms with Crippen LogP contribution in [0.1, 0.15) is 21.5 Å². The summed E-state index contributed by atoms with van der Waals surface area (Å²) in [6, 6.07) is 28.5. The molecule has 170 valence electrons. The zero-order valence-corrected chi connectivity index (χ0v) is 19.5. The molecule has 0 bridgehead atoms. The number of hydrogen-bond donors (Lipinski definition) is 0. The van der Waals surface area contributed by atoms with Crippen molar-refractivity contribution in [3.63, 3.8) is 0 Å². The number of aromatic nitrogens is 1. The quantitative estimate of drug-likeness (QED) is 0.395. The van der Waals surface area contributed by atoms with Gasteiger partial charge in [0.1, 0.15) is 0 Å². The zero-order chi connectivity index (χ0) is 23.3. The standard InChI is InChI=1S/C30H29N3O/c1-23-28(26-16-8-9-17-27(26)31-29(23)25-14-6-3-7-15-25)30(34)33-21-19-32(20-22-33)18-10-13-24-11-4-2-5-12-24/h2-17H,18-22H2,1H3. The molecular formula is C30H29N3O. The third-order valence-electron chi connectivity index (χ3n) is 6.53. The van der Waals surface area contributed by atoms with Crippen LogP contribution in [0.3, 0.4) is 0 Å². The van der Waals surface area contributed by atoms with Gasteiger partial charge in [-0.15, -0.1) is 0 Å². The molecule has 34 heavy (non-hydrogen) atoms. The van der Waals surface area contributed by atoms with Crippen LogP contribution in [0.15, 0.2) is 91.0 Å². The van der Waals surface area contributed by atoms with Gasteiger partial charge >= 0.3 is 0 Å². The number of para-hydroxylation sites is 1. The number of benzene rings is 3. The first-order valence-electron chi connectivity index (χ1n) is 11.9. The third kappa shape index (κ3) is 4.63. The van der Waals surface area contributed by atoms with E-state index in [0.717, 1.165) is 66.0 Å². The molecule has 4 nitrogen and oxygen atoms in total. The van der Waals surface area contributed by atoms with Gasteiger partial charge in [0.2, 0.25) is 0 Å². The average Bonchev–Trinajstić information content (AvgIpc) is 2.89. The van der Waals surface area contributed by atoms with E-state index in [1.165, 1.54) is 5.56 Å². The van der Waals surface area contributed by atoms with E-state index in [0.29, 0.717) is 0 Å². The summed E-state index contributed by atoms with van der Waals surface area (Å²) in [5.74, 6) is 0.104. The Morgan fingerprint density at radius 2 is 1.50 bits per heavy atom. The van der Waals surface area contributed by atoms with Gasteiger partial charge in [0.15, 0.2) is 0 Å². The molecule has 2 heterocycles. The Bertz CT molecular complexity index is 1310. The first-order valence-corrected chi connectivity index (χ1v) is 11.9. The summed E-state index contributed by atoms with van der Waals surface area (Å²) in [6.07, 6.45) is 4.37. The van der Waals surface area contributed by atoms with Crippen molar-refractivity contribution >= 4 is 22.9 Å². The van der Waals surface area contributed by atoms with Crippen molar-refractivity contribution in [1.82, 2.24) is 14.8 Å². The number of carbonyl (C=O) groups excluding carboxylic acids is 1. The van der Waals surface area contributed by atoms with Gasteiger partial charge in [0.25, 0.3) is 5.91 Å². The van der Waals surface area contributed by atoms with Crippen LogP contribution >= 0.6 is 0 Å². The molecule has 0 radical (unpaired) electrons. The fourth-order valence-electron chi connectivity index (χ4n) is 4.65. The van der Waals surface area contributed by atoms with Gasteiger partial charge in [-0.1, -0.05) is 91.0 Å². The lowest BCUT2D eigenvalue weighted by atomic mass is 9.96. The van der Waals surface area contributed by atoms with Crippen LogP contribution in [0.5, 0.6) is 0 Å². The maximum absolute atomic E-state index is 13.8. The van der Waals surface area contributed by atoms with Crippen molar-refractivity contribution in [3.8, 4) is 11.3 Å². The smallest absolute Gasteiger partial charge is 0.254 e. The van der Waals surface area contributed by atoms with Crippen LogP contribution in [-0.2, 0) is 0 Å². The average molecular weight is 448 g/mol. The molecule has 0 saturated carbocycles. The third-order valence-corrected chi connectivity index (χ3v) is 6.53. The summed E-state index contributed by atoms with van der Waals surface area (Å²) in [5, 5.41) is 0.929. The fourth-order valence-corrected chi connectivity index (χ4v) is 4.65. The van der Waals surface area contributed by atoms with E-state index in [1.807, 2.05) is 60.4 Å². The van der Waals surface area contributed by atoms with E-state index in [9.17, 15) is 4.79 Å². The fraction of sp³-hybridized carbons (Fsp3) is 0.200. The minimum Gasteiger partial charge on any atom is -0.336 e. The second-order valence-corrected chi connectivity index (χ2v) is 8.75. The summed E-state index contributed by atoms with van der Waals surface area (Å²) < 4.78 is 0. The molecule has 4 heteroatoms. The highest BCUT2D eigenvalue weighted by molar-refractivity contribution is 6.09. The Kier molecular flexibility index (Phi) is 6.50. The first kappa shape index (κ1) is 22.1. The molecule has 1 aromatic heterocycles. The summed E-state index contributed by atoms with van der Waals surface area (Å²) >= 11 is 0. The van der Waals surface area contributed by atoms with E-state index in [-0.39, 0.29) is 5.91 Å². The Balaban J connectivity index is 1.35. The highest BCUT2D eigenvalue weighted by atomic mass is 16.2. The minimum atomic E-state index is 0.104. The number of fused-ring (bicyclic) bond motifs is 1. The predicted octanol–water partition coefficient (Wildman–Crippen LogP) is 5.68. The van der Waals surface area contributed by atoms with Gasteiger partial charge in [0.05, 0.1) is 16.8 Å². The van der Waals surface area contributed by atoms with Gasteiger partial charge in [0, 0.05) is 43.7 Å². The molecule has 1 aliphatic rings. The highest BCUT2D eigenvalue weighted by Crippen LogP contribution is 2.30. The summed E-state index contributed by atoms with van der Waals surface area (Å²) in [5.41, 5.74) is 5.72. The lowest BCUT2D eigenvalue weighted by Gasteiger charge is -2.34. The second-order valence-electron chi connectivity index (χ2n) is 8.75. The van der Waals surface area contributed by atoms with Gasteiger partial charge < -0.3 is 4.90 Å². The van der Waals surface area contributed by atoms with Crippen molar-refractivity contribution in [1.29, 1.82) is 0 Å². The van der Waals surface area contributed by atoms with Gasteiger partial charge in [-0.2, -0.15) is 0 Å². The van der Waals surface area contributed by atoms with Gasteiger partial charge in [-0.3, -0.25) is 9.69 Å². The number of nitrogens with zero attached hydrogens (tertiary/aromatic N) is 3. The van der Waals surface area contributed by atoms with Gasteiger partial charge in [-0.05, 0) is 24.1 Å². The molecule has 5 rings (SSSR count). The molecule has 4 aromatic rings. The largest absolute Gasteiger partial charge is 0.336 e. The van der Waals surface area contributed by atoms with Crippen molar-refractivity contribution in [2.75, 3.05) is 32.7 Å². The van der Waals surface area contributed by atoms with Crippen LogP contribution in [0.2, 0.25) is 0 Å². The normalized spacial score (nSPS) is 14.7. The molecule has 0 atom stereocenters. The van der Waals surface area contributed by atoms with Crippen LogP contribution in [0.25, 0.3) is 28.2 Å². The maximum Gasteiger partial charge on any atom is 0.254 e. The summed E-state index contributed by atoms with van der Waals surface area (Å²) in [4.78, 5) is 23.1. The zero-order valence-electron chi connectivity index (χ0n) is 19.5. The van der Waals surface area contributed by atoms with E-state index in [2.05, 4.69) is 53.5 Å². The number of pyridine rings is 1. The molecule has 1 aliphatic heterocycles. The van der Waals surface area contributed by atoms with E-state index in [4.69, 9.17) is 4.98 Å². The topological polar surface area (TPSA) is 36.4 Å². The molecule has 0 aliphatic carbocycles. The summed E-state index contributed by atoms with van der Waals surface area (Å²) in [7, 11) is 0. The Labute approximate surface area is 201 Å². The number of amides is 1. The number of carbonyl (C=O) groups is 1. The van der Waals surface area contributed by atoms with E-state index in [1.54, 1.807) is 0 Å². The molecule has 1 saturated heterocycles. The van der Waals surface area contributed by atoms with Crippen molar-refractivity contribution in [3.05, 3.63) is 108 Å². The van der Waals surface area contributed by atoms with Crippen molar-refractivity contribution in [2.24, 2.45) is 0 Å². The molecule has 1 fully saturated rings. The van der Waals surface area contributed by atoms with E-state index < -0.39 is 0 Å². The predicted molar refractivity (Wildman–Crippen MR) is 140 cm³/mol. The Morgan fingerprint density at radius 1 is 0.853 bits per heavy atom. The van der Waals surface area contributed by atoms with Crippen molar-refractivity contribution in [2.45, 2.75) is 6.92 Å². The lowest BCUT2D eigenvalue weighted by Crippen LogP contribution is -2.48. The molecular weight excluding hydrogens is 418 g/mol. The van der Waals surface area contributed by atoms with E-state index >= 15 is 0 Å². The molecule has 0 N–H and O–H groups in total. The lowest BCUT2D eigenvalue weighted by molar-refractivity contribution is 0.0651. The van der Waals surface area contributed by atoms with Crippen molar-refractivity contribution < 1.29 is 4.79 Å². The van der Waals surface area contributed by atoms with Crippen LogP contribution in [0.4, 0.5) is 0 Å². The monoisotopic (exact) mass is 447 g/mol. The van der Waals surface area contributed by atoms with Crippen LogP contribution < -0.4 is 0 Å². The Morgan fingerprint density at radius 3 is 2.24 bits per heavy atom. The number of hydrogen-bond acceptors (Lipinski definition) is 3. The number of rotatable bonds is 5. The molecule has 3 aromatic carbocycles. The maximum atomic E-state index is 13.8. The van der Waals surface area contributed by atoms with Gasteiger partial charge in [-0.25, -0.2) is 4.98 Å². The first-order chi connectivity index (χ1) is 16.7. The minimum absolute atomic E-state index is 0.104. The summed E-state index contributed by atoms with van der Waals surface area (Å²) in [6.45, 7) is 6.13. The molecule has 0 spiro atoms. The Hall–Kier alpha value is -3.76. The number of piperazine rings is 1. The molecule has 1 amide bonds. The van der Waals surface area contributed by atoms with Crippen LogP contribution in [-0.4, -0.2) is 53.4 Å². The highest BCUT2D eigenvalue weighted by Gasteiger charge is 2.26. The molecule has 0 unspecified atom stereocenters.